The molecule has 0 fully saturated rings. The molecule has 4 heteroatoms. The Kier molecular flexibility index (Phi) is 5.99. The fourth-order valence-corrected chi connectivity index (χ4v) is 0.513. The van der Waals surface area contributed by atoms with Gasteiger partial charge in [0.2, 0.25) is 0 Å². The van der Waals surface area contributed by atoms with E-state index in [0.717, 1.165) is 6.54 Å². The predicted molar refractivity (Wildman–Crippen MR) is 37.4 cm³/mol. The maximum Gasteiger partial charge on any atom is 0.0962 e. The summed E-state index contributed by atoms with van der Waals surface area (Å²) in [7, 11) is 0. The number of nitrogens with one attached hydrogen (secondary N) is 1. The molecule has 0 aliphatic rings. The lowest BCUT2D eigenvalue weighted by molar-refractivity contribution is 0.686. The number of hydrogen-bond acceptors (Lipinski definition) is 2. The van der Waals surface area contributed by atoms with Gasteiger partial charge in [-0.1, -0.05) is 0 Å². The molecule has 0 aromatic carbocycles. The van der Waals surface area contributed by atoms with Crippen molar-refractivity contribution in [1.29, 1.82) is 0 Å². The average molecular weight is 157 g/mol. The van der Waals surface area contributed by atoms with Crippen LogP contribution in [0.3, 0.4) is 0 Å². The Morgan fingerprint density at radius 2 is 2.25 bits per heavy atom. The van der Waals surface area contributed by atoms with Crippen molar-refractivity contribution in [2.75, 3.05) is 19.0 Å². The van der Waals surface area contributed by atoms with Crippen molar-refractivity contribution in [2.45, 2.75) is 5.50 Å². The molecule has 0 heterocycles. The highest BCUT2D eigenvalue weighted by atomic mass is 35.5. The van der Waals surface area contributed by atoms with E-state index in [1.165, 1.54) is 0 Å². The maximum atomic E-state index is 5.55. The van der Waals surface area contributed by atoms with Crippen LogP contribution in [0, 0.1) is 0 Å². The molecule has 0 aliphatic heterocycles. The molecule has 0 rings (SSSR count). The van der Waals surface area contributed by atoms with Gasteiger partial charge in [-0.15, -0.1) is 23.2 Å². The molecule has 0 bridgehead atoms. The molecule has 0 saturated heterocycles. The monoisotopic (exact) mass is 156 g/mol. The Balaban J connectivity index is 2.86. The van der Waals surface area contributed by atoms with Crippen molar-refractivity contribution in [2.24, 2.45) is 5.73 Å². The van der Waals surface area contributed by atoms with Crippen LogP contribution in [0.25, 0.3) is 0 Å². The van der Waals surface area contributed by atoms with Gasteiger partial charge in [-0.3, -0.25) is 5.32 Å². The summed E-state index contributed by atoms with van der Waals surface area (Å²) >= 11 is 10.9. The van der Waals surface area contributed by atoms with Crippen LogP contribution in [0.4, 0.5) is 0 Å². The highest BCUT2D eigenvalue weighted by molar-refractivity contribution is 6.27. The first-order valence-corrected chi connectivity index (χ1v) is 3.42. The minimum Gasteiger partial charge on any atom is -0.329 e. The summed E-state index contributed by atoms with van der Waals surface area (Å²) in [5, 5.41) is 2.89. The minimum absolute atomic E-state index is 0.139. The summed E-state index contributed by atoms with van der Waals surface area (Å²) < 4.78 is 0. The zero-order valence-electron chi connectivity index (χ0n) is 4.53. The van der Waals surface area contributed by atoms with Crippen molar-refractivity contribution in [3.8, 4) is 0 Å². The maximum absolute atomic E-state index is 5.55. The highest BCUT2D eigenvalue weighted by Gasteiger charge is 1.96. The van der Waals surface area contributed by atoms with E-state index in [2.05, 4.69) is 5.32 Å². The Morgan fingerprint density at radius 3 is 2.62 bits per heavy atom. The van der Waals surface area contributed by atoms with Gasteiger partial charge in [0.1, 0.15) is 0 Å². The first kappa shape index (κ1) is 8.50. The van der Waals surface area contributed by atoms with Gasteiger partial charge in [0.05, 0.1) is 11.4 Å². The summed E-state index contributed by atoms with van der Waals surface area (Å²) in [6, 6.07) is 0. The lowest BCUT2D eigenvalue weighted by Crippen LogP contribution is -2.30. The van der Waals surface area contributed by atoms with Crippen molar-refractivity contribution in [3.63, 3.8) is 0 Å². The second-order valence-corrected chi connectivity index (χ2v) is 2.20. The molecule has 0 amide bonds. The molecule has 1 atom stereocenters. The predicted octanol–water partition coefficient (Wildman–Crippen LogP) is 0.338. The van der Waals surface area contributed by atoms with Gasteiger partial charge in [-0.2, -0.15) is 0 Å². The molecule has 0 radical (unpaired) electrons. The van der Waals surface area contributed by atoms with E-state index in [1.807, 2.05) is 0 Å². The minimum atomic E-state index is -0.139. The van der Waals surface area contributed by atoms with Crippen LogP contribution in [-0.4, -0.2) is 24.5 Å². The number of rotatable bonds is 4. The Bertz CT molecular complexity index is 51.3. The lowest BCUT2D eigenvalue weighted by Gasteiger charge is -2.04. The first-order chi connectivity index (χ1) is 3.81. The summed E-state index contributed by atoms with van der Waals surface area (Å²) in [5.41, 5.74) is 5.03. The summed E-state index contributed by atoms with van der Waals surface area (Å²) in [6.45, 7) is 1.32. The van der Waals surface area contributed by atoms with E-state index < -0.39 is 0 Å². The van der Waals surface area contributed by atoms with Crippen LogP contribution < -0.4 is 11.1 Å². The van der Waals surface area contributed by atoms with Crippen LogP contribution in [-0.2, 0) is 0 Å². The van der Waals surface area contributed by atoms with E-state index in [1.54, 1.807) is 0 Å². The molecular weight excluding hydrogens is 147 g/mol. The van der Waals surface area contributed by atoms with E-state index in [9.17, 15) is 0 Å². The van der Waals surface area contributed by atoms with E-state index >= 15 is 0 Å². The third-order valence-electron chi connectivity index (χ3n) is 0.646. The zero-order chi connectivity index (χ0) is 6.41. The standard InChI is InChI=1S/C4H10Cl2N2/c5-3-4(6)8-2-1-7/h4,8H,1-3,7H2. The van der Waals surface area contributed by atoms with Crippen LogP contribution >= 0.6 is 23.2 Å². The Labute approximate surface area is 59.3 Å². The van der Waals surface area contributed by atoms with Crippen molar-refractivity contribution in [1.82, 2.24) is 5.32 Å². The van der Waals surface area contributed by atoms with Gasteiger partial charge in [0.15, 0.2) is 0 Å². The second kappa shape index (κ2) is 5.63. The zero-order valence-corrected chi connectivity index (χ0v) is 6.04. The molecule has 3 N–H and O–H groups in total. The van der Waals surface area contributed by atoms with Gasteiger partial charge >= 0.3 is 0 Å². The Hall–Kier alpha value is 0.500. The second-order valence-electron chi connectivity index (χ2n) is 1.36. The van der Waals surface area contributed by atoms with Crippen LogP contribution in [0.15, 0.2) is 0 Å². The van der Waals surface area contributed by atoms with Gasteiger partial charge < -0.3 is 5.73 Å². The quantitative estimate of drug-likeness (QED) is 0.456. The van der Waals surface area contributed by atoms with Gasteiger partial charge in [-0.25, -0.2) is 0 Å². The van der Waals surface area contributed by atoms with Gasteiger partial charge in [0, 0.05) is 13.1 Å². The number of alkyl halides is 2. The lowest BCUT2D eigenvalue weighted by atomic mass is 10.6. The number of halogens is 2. The van der Waals surface area contributed by atoms with Gasteiger partial charge in [-0.05, 0) is 0 Å². The third-order valence-corrected chi connectivity index (χ3v) is 1.42. The normalized spacial score (nSPS) is 13.9. The summed E-state index contributed by atoms with van der Waals surface area (Å²) in [4.78, 5) is 0. The molecule has 0 aliphatic carbocycles. The fraction of sp³-hybridized carbons (Fsp3) is 1.00. The summed E-state index contributed by atoms with van der Waals surface area (Å²) in [6.07, 6.45) is 0. The van der Waals surface area contributed by atoms with E-state index in [-0.39, 0.29) is 5.50 Å². The SMILES string of the molecule is NCCNC(Cl)CCl. The van der Waals surface area contributed by atoms with Crippen LogP contribution in [0.5, 0.6) is 0 Å². The molecule has 2 nitrogen and oxygen atoms in total. The average Bonchev–Trinajstić information content (AvgIpc) is 1.83. The highest BCUT2D eigenvalue weighted by Crippen LogP contribution is 1.91. The largest absolute Gasteiger partial charge is 0.329 e. The molecule has 0 aromatic heterocycles. The molecule has 0 spiro atoms. The smallest absolute Gasteiger partial charge is 0.0962 e. The molecular formula is C4H10Cl2N2. The number of hydrogen-bond donors (Lipinski definition) is 2. The fourth-order valence-electron chi connectivity index (χ4n) is 0.295. The number of nitrogens with two attached hydrogens (primary N) is 1. The molecule has 0 saturated carbocycles. The van der Waals surface area contributed by atoms with Crippen LogP contribution in [0.1, 0.15) is 0 Å². The summed E-state index contributed by atoms with van der Waals surface area (Å²) in [5.74, 6) is 0.418. The van der Waals surface area contributed by atoms with E-state index in [4.69, 9.17) is 28.9 Å². The molecule has 1 unspecified atom stereocenters. The van der Waals surface area contributed by atoms with Crippen molar-refractivity contribution < 1.29 is 0 Å². The molecule has 0 aromatic rings. The molecule has 8 heavy (non-hydrogen) atoms. The van der Waals surface area contributed by atoms with Gasteiger partial charge in [0.25, 0.3) is 0 Å². The Morgan fingerprint density at radius 1 is 1.62 bits per heavy atom. The topological polar surface area (TPSA) is 38.0 Å². The first-order valence-electron chi connectivity index (χ1n) is 2.44. The van der Waals surface area contributed by atoms with Crippen LogP contribution in [0.2, 0.25) is 0 Å². The van der Waals surface area contributed by atoms with E-state index in [0.29, 0.717) is 12.4 Å². The van der Waals surface area contributed by atoms with Crippen molar-refractivity contribution >= 4 is 23.2 Å². The molecule has 50 valence electrons. The third kappa shape index (κ3) is 4.65. The van der Waals surface area contributed by atoms with Crippen molar-refractivity contribution in [3.05, 3.63) is 0 Å².